The van der Waals surface area contributed by atoms with E-state index in [1.807, 2.05) is 30.3 Å². The fraction of sp³-hybridized carbons (Fsp3) is 0.412. The third-order valence-corrected chi connectivity index (χ3v) is 5.43. The molecule has 0 unspecified atom stereocenters. The molecule has 2 aromatic rings. The Labute approximate surface area is 166 Å². The number of amides is 1. The molecule has 0 aliphatic carbocycles. The number of likely N-dealkylation sites (tertiary alicyclic amines) is 1. The fourth-order valence-electron chi connectivity index (χ4n) is 3.20. The standard InChI is InChI=1S/C17H19IN4O2.ClH/c18-15-14-8-19-6-7-22(14)16(20-15)13-9-21(10-13)17(23)24-11-12-4-2-1-3-5-12;/h1-5,13,19H,6-11H2;1H. The van der Waals surface area contributed by atoms with Gasteiger partial charge < -0.3 is 19.5 Å². The minimum Gasteiger partial charge on any atom is -0.445 e. The maximum atomic E-state index is 12.1. The normalized spacial score (nSPS) is 16.6. The van der Waals surface area contributed by atoms with Crippen LogP contribution >= 0.6 is 35.0 Å². The summed E-state index contributed by atoms with van der Waals surface area (Å²) in [4.78, 5) is 18.6. The minimum absolute atomic E-state index is 0. The zero-order chi connectivity index (χ0) is 16.5. The van der Waals surface area contributed by atoms with E-state index in [9.17, 15) is 4.79 Å². The second kappa shape index (κ2) is 7.92. The molecule has 0 saturated carbocycles. The highest BCUT2D eigenvalue weighted by Gasteiger charge is 2.37. The van der Waals surface area contributed by atoms with Crippen molar-refractivity contribution in [3.63, 3.8) is 0 Å². The van der Waals surface area contributed by atoms with Crippen molar-refractivity contribution in [1.29, 1.82) is 0 Å². The molecule has 8 heteroatoms. The SMILES string of the molecule is Cl.O=C(OCc1ccccc1)N1CC(c2nc(I)c3n2CCNC3)C1. The van der Waals surface area contributed by atoms with Crippen LogP contribution in [0.25, 0.3) is 0 Å². The van der Waals surface area contributed by atoms with E-state index in [1.54, 1.807) is 4.90 Å². The lowest BCUT2D eigenvalue weighted by molar-refractivity contribution is 0.0643. The van der Waals surface area contributed by atoms with Crippen LogP contribution in [0.15, 0.2) is 30.3 Å². The van der Waals surface area contributed by atoms with Crippen molar-refractivity contribution in [2.75, 3.05) is 19.6 Å². The van der Waals surface area contributed by atoms with Crippen molar-refractivity contribution < 1.29 is 9.53 Å². The van der Waals surface area contributed by atoms with Gasteiger partial charge in [-0.25, -0.2) is 9.78 Å². The fourth-order valence-corrected chi connectivity index (χ4v) is 3.93. The molecule has 4 rings (SSSR count). The molecule has 0 radical (unpaired) electrons. The molecule has 25 heavy (non-hydrogen) atoms. The first kappa shape index (κ1) is 18.5. The Morgan fingerprint density at radius 3 is 2.84 bits per heavy atom. The van der Waals surface area contributed by atoms with Crippen LogP contribution in [0, 0.1) is 3.70 Å². The monoisotopic (exact) mass is 474 g/mol. The Hall–Kier alpha value is -1.32. The van der Waals surface area contributed by atoms with Gasteiger partial charge in [-0.15, -0.1) is 12.4 Å². The Kier molecular flexibility index (Phi) is 5.85. The number of hydrogen-bond acceptors (Lipinski definition) is 4. The number of aromatic nitrogens is 2. The summed E-state index contributed by atoms with van der Waals surface area (Å²) in [6, 6.07) is 9.76. The number of imidazole rings is 1. The van der Waals surface area contributed by atoms with Gasteiger partial charge in [0.2, 0.25) is 0 Å². The average Bonchev–Trinajstić information content (AvgIpc) is 2.90. The van der Waals surface area contributed by atoms with Crippen molar-refractivity contribution in [2.24, 2.45) is 0 Å². The number of carbonyl (C=O) groups excluding carboxylic acids is 1. The van der Waals surface area contributed by atoms with E-state index in [4.69, 9.17) is 9.72 Å². The maximum absolute atomic E-state index is 12.1. The topological polar surface area (TPSA) is 59.4 Å². The lowest BCUT2D eigenvalue weighted by atomic mass is 10.00. The molecule has 1 fully saturated rings. The summed E-state index contributed by atoms with van der Waals surface area (Å²) in [6.07, 6.45) is -0.239. The summed E-state index contributed by atoms with van der Waals surface area (Å²) in [5, 5.41) is 3.38. The first-order valence-electron chi connectivity index (χ1n) is 8.13. The van der Waals surface area contributed by atoms with Gasteiger partial charge in [0.1, 0.15) is 16.1 Å². The van der Waals surface area contributed by atoms with Crippen molar-refractivity contribution >= 4 is 41.1 Å². The lowest BCUT2D eigenvalue weighted by Crippen LogP contribution is -2.49. The third-order valence-electron chi connectivity index (χ3n) is 4.57. The lowest BCUT2D eigenvalue weighted by Gasteiger charge is -2.38. The van der Waals surface area contributed by atoms with Crippen LogP contribution in [0.5, 0.6) is 0 Å². The predicted octanol–water partition coefficient (Wildman–Crippen LogP) is 2.75. The third kappa shape index (κ3) is 3.78. The van der Waals surface area contributed by atoms with Crippen molar-refractivity contribution in [3.05, 3.63) is 51.1 Å². The molecular formula is C17H20ClIN4O2. The summed E-state index contributed by atoms with van der Waals surface area (Å²) in [6.45, 7) is 4.50. The van der Waals surface area contributed by atoms with E-state index in [2.05, 4.69) is 32.5 Å². The van der Waals surface area contributed by atoms with E-state index in [0.717, 1.165) is 34.7 Å². The molecule has 3 heterocycles. The molecule has 1 aromatic carbocycles. The second-order valence-corrected chi connectivity index (χ2v) is 7.20. The molecule has 1 N–H and O–H groups in total. The van der Waals surface area contributed by atoms with Crippen LogP contribution in [0.4, 0.5) is 4.79 Å². The molecule has 1 aromatic heterocycles. The number of halogens is 2. The Balaban J connectivity index is 0.00000182. The van der Waals surface area contributed by atoms with Gasteiger partial charge >= 0.3 is 6.09 Å². The van der Waals surface area contributed by atoms with Crippen molar-refractivity contribution in [3.8, 4) is 0 Å². The highest BCUT2D eigenvalue weighted by atomic mass is 127. The molecule has 6 nitrogen and oxygen atoms in total. The summed E-state index contributed by atoms with van der Waals surface area (Å²) >= 11 is 2.30. The molecule has 0 atom stereocenters. The highest BCUT2D eigenvalue weighted by Crippen LogP contribution is 2.30. The van der Waals surface area contributed by atoms with Gasteiger partial charge in [-0.3, -0.25) is 0 Å². The predicted molar refractivity (Wildman–Crippen MR) is 105 cm³/mol. The number of carbonyl (C=O) groups is 1. The summed E-state index contributed by atoms with van der Waals surface area (Å²) < 4.78 is 8.77. The van der Waals surface area contributed by atoms with Crippen molar-refractivity contribution in [1.82, 2.24) is 19.8 Å². The zero-order valence-corrected chi connectivity index (χ0v) is 16.6. The minimum atomic E-state index is -0.239. The van der Waals surface area contributed by atoms with E-state index < -0.39 is 0 Å². The van der Waals surface area contributed by atoms with Crippen LogP contribution in [-0.4, -0.2) is 40.2 Å². The zero-order valence-electron chi connectivity index (χ0n) is 13.7. The number of nitrogens with zero attached hydrogens (tertiary/aromatic N) is 3. The molecular weight excluding hydrogens is 455 g/mol. The molecule has 1 saturated heterocycles. The Morgan fingerprint density at radius 2 is 2.08 bits per heavy atom. The smallest absolute Gasteiger partial charge is 0.410 e. The van der Waals surface area contributed by atoms with E-state index >= 15 is 0 Å². The number of hydrogen-bond donors (Lipinski definition) is 1. The maximum Gasteiger partial charge on any atom is 0.410 e. The van der Waals surface area contributed by atoms with Gasteiger partial charge in [-0.05, 0) is 28.2 Å². The average molecular weight is 475 g/mol. The van der Waals surface area contributed by atoms with Crippen LogP contribution in [0.3, 0.4) is 0 Å². The van der Waals surface area contributed by atoms with Crippen LogP contribution in [0.2, 0.25) is 0 Å². The molecule has 134 valence electrons. The Morgan fingerprint density at radius 1 is 1.32 bits per heavy atom. The van der Waals surface area contributed by atoms with Gasteiger partial charge in [-0.2, -0.15) is 0 Å². The highest BCUT2D eigenvalue weighted by molar-refractivity contribution is 14.1. The van der Waals surface area contributed by atoms with E-state index in [0.29, 0.717) is 25.6 Å². The first-order chi connectivity index (χ1) is 11.7. The molecule has 2 aliphatic rings. The van der Waals surface area contributed by atoms with E-state index in [-0.39, 0.29) is 18.5 Å². The molecule has 0 bridgehead atoms. The van der Waals surface area contributed by atoms with Gasteiger partial charge in [0.25, 0.3) is 0 Å². The van der Waals surface area contributed by atoms with Crippen LogP contribution in [0.1, 0.15) is 23.0 Å². The summed E-state index contributed by atoms with van der Waals surface area (Å²) in [5.74, 6) is 1.43. The van der Waals surface area contributed by atoms with Gasteiger partial charge in [0.15, 0.2) is 0 Å². The quantitative estimate of drug-likeness (QED) is 0.695. The Bertz CT molecular complexity index is 747. The summed E-state index contributed by atoms with van der Waals surface area (Å²) in [7, 11) is 0. The van der Waals surface area contributed by atoms with Crippen LogP contribution < -0.4 is 5.32 Å². The van der Waals surface area contributed by atoms with Gasteiger partial charge in [0.05, 0.1) is 11.6 Å². The van der Waals surface area contributed by atoms with Gasteiger partial charge in [0, 0.05) is 32.7 Å². The number of ether oxygens (including phenoxy) is 1. The molecule has 0 spiro atoms. The molecule has 1 amide bonds. The largest absolute Gasteiger partial charge is 0.445 e. The van der Waals surface area contributed by atoms with Crippen LogP contribution in [-0.2, 0) is 24.4 Å². The number of fused-ring (bicyclic) bond motifs is 1. The number of rotatable bonds is 3. The second-order valence-electron chi connectivity index (χ2n) is 6.18. The van der Waals surface area contributed by atoms with Crippen molar-refractivity contribution in [2.45, 2.75) is 25.6 Å². The number of nitrogens with one attached hydrogen (secondary N) is 1. The first-order valence-corrected chi connectivity index (χ1v) is 9.21. The van der Waals surface area contributed by atoms with Gasteiger partial charge in [-0.1, -0.05) is 30.3 Å². The number of benzene rings is 1. The van der Waals surface area contributed by atoms with E-state index in [1.165, 1.54) is 5.69 Å². The molecule has 2 aliphatic heterocycles. The summed E-state index contributed by atoms with van der Waals surface area (Å²) in [5.41, 5.74) is 2.27.